The lowest BCUT2D eigenvalue weighted by molar-refractivity contribution is -0.121. The summed E-state index contributed by atoms with van der Waals surface area (Å²) in [7, 11) is -4.18. The zero-order valence-corrected chi connectivity index (χ0v) is 12.1. The molecule has 7 nitrogen and oxygen atoms in total. The Morgan fingerprint density at radius 2 is 2.10 bits per heavy atom. The number of aliphatic hydroxyl groups is 1. The van der Waals surface area contributed by atoms with Gasteiger partial charge < -0.3 is 16.6 Å². The highest BCUT2D eigenvalue weighted by atomic mass is 32.2. The number of benzene rings is 1. The molecule has 2 rings (SSSR count). The highest BCUT2D eigenvalue weighted by Gasteiger charge is 2.42. The standard InChI is InChI=1S/C12H16FN3O4S/c1-6-9(13)3-8(4-10(6)14)21(19,20)16-5-7(17)2-11(16)12(15)18/h3-4,7,11,17H,2,5,14H2,1H3,(H2,15,18). The molecule has 1 aliphatic rings. The van der Waals surface area contributed by atoms with Crippen molar-refractivity contribution in [2.45, 2.75) is 30.4 Å². The summed E-state index contributed by atoms with van der Waals surface area (Å²) >= 11 is 0. The summed E-state index contributed by atoms with van der Waals surface area (Å²) in [5.74, 6) is -1.63. The fraction of sp³-hybridized carbons (Fsp3) is 0.417. The van der Waals surface area contributed by atoms with Gasteiger partial charge in [-0.15, -0.1) is 0 Å². The van der Waals surface area contributed by atoms with Gasteiger partial charge in [0.15, 0.2) is 0 Å². The maximum absolute atomic E-state index is 13.7. The number of carbonyl (C=O) groups excluding carboxylic acids is 1. The van der Waals surface area contributed by atoms with Crippen LogP contribution in [0.15, 0.2) is 17.0 Å². The molecule has 1 aromatic carbocycles. The molecule has 1 aromatic rings. The Balaban J connectivity index is 2.49. The van der Waals surface area contributed by atoms with Gasteiger partial charge in [-0.05, 0) is 19.1 Å². The number of nitrogens with zero attached hydrogens (tertiary/aromatic N) is 1. The van der Waals surface area contributed by atoms with E-state index in [2.05, 4.69) is 0 Å². The first-order chi connectivity index (χ1) is 9.64. The first-order valence-electron chi connectivity index (χ1n) is 6.19. The largest absolute Gasteiger partial charge is 0.398 e. The summed E-state index contributed by atoms with van der Waals surface area (Å²) in [6.45, 7) is 1.15. The number of rotatable bonds is 3. The van der Waals surface area contributed by atoms with Gasteiger partial charge in [-0.1, -0.05) is 0 Å². The van der Waals surface area contributed by atoms with Crippen LogP contribution in [0.1, 0.15) is 12.0 Å². The van der Waals surface area contributed by atoms with Crippen molar-refractivity contribution in [1.29, 1.82) is 0 Å². The summed E-state index contributed by atoms with van der Waals surface area (Å²) in [6.07, 6.45) is -1.08. The number of anilines is 1. The molecular formula is C12H16FN3O4S. The van der Waals surface area contributed by atoms with Crippen molar-refractivity contribution >= 4 is 21.6 Å². The SMILES string of the molecule is Cc1c(N)cc(S(=O)(=O)N2CC(O)CC2C(N)=O)cc1F. The molecule has 0 spiro atoms. The van der Waals surface area contributed by atoms with Gasteiger partial charge in [0, 0.05) is 24.2 Å². The summed E-state index contributed by atoms with van der Waals surface area (Å²) < 4.78 is 39.5. The van der Waals surface area contributed by atoms with E-state index in [1.807, 2.05) is 0 Å². The van der Waals surface area contributed by atoms with Gasteiger partial charge >= 0.3 is 0 Å². The molecule has 0 radical (unpaired) electrons. The monoisotopic (exact) mass is 317 g/mol. The quantitative estimate of drug-likeness (QED) is 0.637. The second-order valence-electron chi connectivity index (χ2n) is 5.00. The van der Waals surface area contributed by atoms with Crippen molar-refractivity contribution in [3.8, 4) is 0 Å². The summed E-state index contributed by atoms with van der Waals surface area (Å²) in [4.78, 5) is 11.0. The van der Waals surface area contributed by atoms with Crippen LogP contribution in [0.3, 0.4) is 0 Å². The van der Waals surface area contributed by atoms with Crippen LogP contribution in [0.4, 0.5) is 10.1 Å². The molecule has 21 heavy (non-hydrogen) atoms. The molecule has 2 atom stereocenters. The average Bonchev–Trinajstić information content (AvgIpc) is 2.78. The number of sulfonamides is 1. The summed E-state index contributed by atoms with van der Waals surface area (Å²) in [5.41, 5.74) is 10.9. The molecule has 2 unspecified atom stereocenters. The first kappa shape index (κ1) is 15.7. The number of primary amides is 1. The Hall–Kier alpha value is -1.71. The molecular weight excluding hydrogens is 301 g/mol. The van der Waals surface area contributed by atoms with Crippen molar-refractivity contribution < 1.29 is 22.7 Å². The molecule has 9 heteroatoms. The van der Waals surface area contributed by atoms with Crippen LogP contribution in [0.2, 0.25) is 0 Å². The third kappa shape index (κ3) is 2.71. The molecule has 1 amide bonds. The number of β-amino-alcohol motifs (C(OH)–C–C–N with tert-alkyl or cyclic N) is 1. The predicted molar refractivity (Wildman–Crippen MR) is 73.0 cm³/mol. The molecule has 1 aliphatic heterocycles. The molecule has 1 heterocycles. The van der Waals surface area contributed by atoms with Gasteiger partial charge in [0.1, 0.15) is 11.9 Å². The van der Waals surface area contributed by atoms with Gasteiger partial charge in [-0.3, -0.25) is 4.79 Å². The van der Waals surface area contributed by atoms with E-state index in [4.69, 9.17) is 11.5 Å². The topological polar surface area (TPSA) is 127 Å². The third-order valence-corrected chi connectivity index (χ3v) is 5.38. The van der Waals surface area contributed by atoms with Crippen molar-refractivity contribution in [2.24, 2.45) is 5.73 Å². The van der Waals surface area contributed by atoms with E-state index in [0.29, 0.717) is 0 Å². The second-order valence-corrected chi connectivity index (χ2v) is 6.89. The van der Waals surface area contributed by atoms with E-state index < -0.39 is 33.9 Å². The van der Waals surface area contributed by atoms with E-state index in [1.165, 1.54) is 6.92 Å². The molecule has 0 bridgehead atoms. The number of amides is 1. The minimum Gasteiger partial charge on any atom is -0.398 e. The fourth-order valence-electron chi connectivity index (χ4n) is 2.27. The normalized spacial score (nSPS) is 23.4. The number of nitrogens with two attached hydrogens (primary N) is 2. The highest BCUT2D eigenvalue weighted by Crippen LogP contribution is 2.29. The lowest BCUT2D eigenvalue weighted by Crippen LogP contribution is -2.43. The van der Waals surface area contributed by atoms with Crippen LogP contribution in [0, 0.1) is 12.7 Å². The third-order valence-electron chi connectivity index (χ3n) is 3.53. The molecule has 0 saturated carbocycles. The number of halogens is 1. The number of nitrogen functional groups attached to an aromatic ring is 1. The molecule has 5 N–H and O–H groups in total. The van der Waals surface area contributed by atoms with E-state index in [9.17, 15) is 22.7 Å². The predicted octanol–water partition coefficient (Wildman–Crippen LogP) is -0.674. The summed E-state index contributed by atoms with van der Waals surface area (Å²) in [5, 5.41) is 9.57. The molecule has 0 aromatic heterocycles. The number of aliphatic hydroxyl groups excluding tert-OH is 1. The highest BCUT2D eigenvalue weighted by molar-refractivity contribution is 7.89. The number of hydrogen-bond donors (Lipinski definition) is 3. The Morgan fingerprint density at radius 3 is 2.62 bits per heavy atom. The van der Waals surface area contributed by atoms with Crippen molar-refractivity contribution in [2.75, 3.05) is 12.3 Å². The van der Waals surface area contributed by atoms with Crippen LogP contribution >= 0.6 is 0 Å². The van der Waals surface area contributed by atoms with Crippen LogP contribution in [-0.4, -0.2) is 42.4 Å². The Bertz CT molecular complexity index is 669. The minimum atomic E-state index is -4.18. The van der Waals surface area contributed by atoms with Gasteiger partial charge in [0.2, 0.25) is 15.9 Å². The zero-order valence-electron chi connectivity index (χ0n) is 11.3. The smallest absolute Gasteiger partial charge is 0.244 e. The van der Waals surface area contributed by atoms with E-state index >= 15 is 0 Å². The van der Waals surface area contributed by atoms with Crippen LogP contribution in [0.5, 0.6) is 0 Å². The zero-order chi connectivity index (χ0) is 15.9. The van der Waals surface area contributed by atoms with Gasteiger partial charge in [0.25, 0.3) is 0 Å². The lowest BCUT2D eigenvalue weighted by Gasteiger charge is -2.21. The number of hydrogen-bond acceptors (Lipinski definition) is 5. The van der Waals surface area contributed by atoms with Crippen molar-refractivity contribution in [1.82, 2.24) is 4.31 Å². The van der Waals surface area contributed by atoms with E-state index in [0.717, 1.165) is 16.4 Å². The maximum Gasteiger partial charge on any atom is 0.244 e. The molecule has 116 valence electrons. The van der Waals surface area contributed by atoms with E-state index in [1.54, 1.807) is 0 Å². The Kier molecular flexibility index (Phi) is 3.91. The maximum atomic E-state index is 13.7. The Morgan fingerprint density at radius 1 is 1.48 bits per heavy atom. The molecule has 1 saturated heterocycles. The van der Waals surface area contributed by atoms with Crippen molar-refractivity contribution in [3.05, 3.63) is 23.5 Å². The number of carbonyl (C=O) groups is 1. The van der Waals surface area contributed by atoms with Gasteiger partial charge in [-0.2, -0.15) is 4.31 Å². The lowest BCUT2D eigenvalue weighted by atomic mass is 10.2. The van der Waals surface area contributed by atoms with E-state index in [-0.39, 0.29) is 29.1 Å². The first-order valence-corrected chi connectivity index (χ1v) is 7.63. The fourth-order valence-corrected chi connectivity index (χ4v) is 3.96. The summed E-state index contributed by atoms with van der Waals surface area (Å²) in [6, 6.07) is 0.802. The average molecular weight is 317 g/mol. The molecule has 1 fully saturated rings. The Labute approximate surface area is 121 Å². The van der Waals surface area contributed by atoms with Crippen LogP contribution in [-0.2, 0) is 14.8 Å². The van der Waals surface area contributed by atoms with Gasteiger partial charge in [0.05, 0.1) is 11.0 Å². The minimum absolute atomic E-state index is 0.0102. The van der Waals surface area contributed by atoms with Crippen LogP contribution < -0.4 is 11.5 Å². The van der Waals surface area contributed by atoms with Crippen molar-refractivity contribution in [3.63, 3.8) is 0 Å². The second kappa shape index (κ2) is 5.24. The molecule has 0 aliphatic carbocycles. The van der Waals surface area contributed by atoms with Gasteiger partial charge in [-0.25, -0.2) is 12.8 Å². The van der Waals surface area contributed by atoms with Crippen LogP contribution in [0.25, 0.3) is 0 Å².